The third-order valence-corrected chi connectivity index (χ3v) is 3.77. The second-order valence-corrected chi connectivity index (χ2v) is 5.53. The predicted molar refractivity (Wildman–Crippen MR) is 102 cm³/mol. The molecule has 0 saturated carbocycles. The van der Waals surface area contributed by atoms with Crippen LogP contribution in [0.3, 0.4) is 0 Å². The molecule has 0 bridgehead atoms. The zero-order chi connectivity index (χ0) is 19.2. The Morgan fingerprint density at radius 1 is 1.07 bits per heavy atom. The normalized spacial score (nSPS) is 10.3. The molecule has 0 spiro atoms. The van der Waals surface area contributed by atoms with E-state index in [4.69, 9.17) is 9.47 Å². The number of hydrogen-bond acceptors (Lipinski definition) is 5. The van der Waals surface area contributed by atoms with E-state index >= 15 is 0 Å². The van der Waals surface area contributed by atoms with E-state index in [1.807, 2.05) is 19.1 Å². The van der Waals surface area contributed by atoms with Gasteiger partial charge in [0.15, 0.2) is 11.4 Å². The molecular weight excluding hydrogens is 346 g/mol. The summed E-state index contributed by atoms with van der Waals surface area (Å²) in [6.45, 7) is 2.33. The van der Waals surface area contributed by atoms with Crippen molar-refractivity contribution < 1.29 is 14.3 Å². The van der Waals surface area contributed by atoms with Gasteiger partial charge >= 0.3 is 0 Å². The molecule has 0 fully saturated rings. The van der Waals surface area contributed by atoms with Crippen LogP contribution in [0.25, 0.3) is 5.69 Å². The molecule has 0 aliphatic rings. The van der Waals surface area contributed by atoms with Crippen molar-refractivity contribution >= 4 is 11.6 Å². The highest BCUT2D eigenvalue weighted by Crippen LogP contribution is 2.25. The summed E-state index contributed by atoms with van der Waals surface area (Å²) in [6.07, 6.45) is 0. The van der Waals surface area contributed by atoms with E-state index in [2.05, 4.69) is 10.4 Å². The minimum atomic E-state index is -0.510. The smallest absolute Gasteiger partial charge is 0.280 e. The number of aromatic nitrogens is 2. The van der Waals surface area contributed by atoms with E-state index in [0.717, 1.165) is 4.68 Å². The SMILES string of the molecule is CCOc1ccccc1NC(=O)c1nn(-c2ccccc2)c(=O)cc1OC. The number of anilines is 1. The molecule has 27 heavy (non-hydrogen) atoms. The predicted octanol–water partition coefficient (Wildman–Crippen LogP) is 2.89. The summed E-state index contributed by atoms with van der Waals surface area (Å²) < 4.78 is 11.9. The number of rotatable bonds is 6. The first-order valence-corrected chi connectivity index (χ1v) is 8.41. The zero-order valence-electron chi connectivity index (χ0n) is 15.0. The van der Waals surface area contributed by atoms with E-state index in [-0.39, 0.29) is 11.4 Å². The molecule has 138 valence electrons. The molecular formula is C20H19N3O4. The number of benzene rings is 2. The molecule has 7 nitrogen and oxygen atoms in total. The van der Waals surface area contributed by atoms with Gasteiger partial charge in [-0.05, 0) is 31.2 Å². The first-order valence-electron chi connectivity index (χ1n) is 8.41. The fraction of sp³-hybridized carbons (Fsp3) is 0.150. The maximum Gasteiger partial charge on any atom is 0.280 e. The van der Waals surface area contributed by atoms with Crippen molar-refractivity contribution in [2.75, 3.05) is 19.0 Å². The molecule has 1 amide bonds. The van der Waals surface area contributed by atoms with E-state index in [9.17, 15) is 9.59 Å². The highest BCUT2D eigenvalue weighted by molar-refractivity contribution is 6.05. The summed E-state index contributed by atoms with van der Waals surface area (Å²) in [7, 11) is 1.38. The summed E-state index contributed by atoms with van der Waals surface area (Å²) in [5.74, 6) is 0.131. The van der Waals surface area contributed by atoms with E-state index in [1.165, 1.54) is 13.2 Å². The molecule has 3 rings (SSSR count). The van der Waals surface area contributed by atoms with Crippen LogP contribution >= 0.6 is 0 Å². The fourth-order valence-corrected chi connectivity index (χ4v) is 2.54. The summed E-state index contributed by atoms with van der Waals surface area (Å²) in [6, 6.07) is 17.2. The van der Waals surface area contributed by atoms with Crippen LogP contribution in [0.1, 0.15) is 17.4 Å². The Balaban J connectivity index is 2.00. The van der Waals surface area contributed by atoms with Gasteiger partial charge in [-0.3, -0.25) is 9.59 Å². The standard InChI is InChI=1S/C20H19N3O4/c1-3-27-16-12-8-7-11-15(16)21-20(25)19-17(26-2)13-18(24)23(22-19)14-9-5-4-6-10-14/h4-13H,3H2,1-2H3,(H,21,25). The topological polar surface area (TPSA) is 82.5 Å². The molecule has 1 N–H and O–H groups in total. The van der Waals surface area contributed by atoms with Gasteiger partial charge in [0.25, 0.3) is 11.5 Å². The Kier molecular flexibility index (Phi) is 5.51. The molecule has 0 unspecified atom stereocenters. The van der Waals surface area contributed by atoms with Gasteiger partial charge in [-0.1, -0.05) is 30.3 Å². The minimum Gasteiger partial charge on any atom is -0.494 e. The van der Waals surface area contributed by atoms with E-state index < -0.39 is 11.5 Å². The number of amides is 1. The first kappa shape index (κ1) is 18.2. The van der Waals surface area contributed by atoms with Crippen LogP contribution in [0.4, 0.5) is 5.69 Å². The number of methoxy groups -OCH3 is 1. The van der Waals surface area contributed by atoms with Gasteiger partial charge in [0, 0.05) is 0 Å². The molecule has 7 heteroatoms. The monoisotopic (exact) mass is 365 g/mol. The van der Waals surface area contributed by atoms with Crippen LogP contribution in [0, 0.1) is 0 Å². The van der Waals surface area contributed by atoms with Crippen molar-refractivity contribution in [3.63, 3.8) is 0 Å². The van der Waals surface area contributed by atoms with Gasteiger partial charge in [-0.25, -0.2) is 0 Å². The fourth-order valence-electron chi connectivity index (χ4n) is 2.54. The second-order valence-electron chi connectivity index (χ2n) is 5.53. The average Bonchev–Trinajstić information content (AvgIpc) is 2.70. The maximum atomic E-state index is 12.8. The number of ether oxygens (including phenoxy) is 2. The Morgan fingerprint density at radius 3 is 2.48 bits per heavy atom. The summed E-state index contributed by atoms with van der Waals surface area (Å²) in [4.78, 5) is 25.2. The Morgan fingerprint density at radius 2 is 1.78 bits per heavy atom. The lowest BCUT2D eigenvalue weighted by atomic mass is 10.2. The first-order chi connectivity index (χ1) is 13.1. The molecule has 1 aromatic heterocycles. The quantitative estimate of drug-likeness (QED) is 0.726. The lowest BCUT2D eigenvalue weighted by Crippen LogP contribution is -2.26. The Labute approximate surface area is 156 Å². The van der Waals surface area contributed by atoms with Crippen molar-refractivity contribution in [2.45, 2.75) is 6.92 Å². The number of para-hydroxylation sites is 3. The molecule has 0 atom stereocenters. The van der Waals surface area contributed by atoms with Crippen molar-refractivity contribution in [2.24, 2.45) is 0 Å². The van der Waals surface area contributed by atoms with Crippen LogP contribution in [0.15, 0.2) is 65.5 Å². The molecule has 0 aliphatic carbocycles. The van der Waals surface area contributed by atoms with Gasteiger partial charge in [-0.15, -0.1) is 0 Å². The Hall–Kier alpha value is -3.61. The van der Waals surface area contributed by atoms with Crippen LogP contribution in [0.5, 0.6) is 11.5 Å². The van der Waals surface area contributed by atoms with E-state index in [0.29, 0.717) is 23.7 Å². The number of nitrogens with zero attached hydrogens (tertiary/aromatic N) is 2. The lowest BCUT2D eigenvalue weighted by Gasteiger charge is -2.13. The molecule has 1 heterocycles. The molecule has 0 aliphatic heterocycles. The molecule has 3 aromatic rings. The van der Waals surface area contributed by atoms with Gasteiger partial charge in [0.1, 0.15) is 5.75 Å². The van der Waals surface area contributed by atoms with E-state index in [1.54, 1.807) is 42.5 Å². The number of carbonyl (C=O) groups is 1. The van der Waals surface area contributed by atoms with Crippen molar-refractivity contribution in [1.29, 1.82) is 0 Å². The van der Waals surface area contributed by atoms with Crippen molar-refractivity contribution in [3.8, 4) is 17.2 Å². The summed E-state index contributed by atoms with van der Waals surface area (Å²) in [5, 5.41) is 6.97. The van der Waals surface area contributed by atoms with Crippen LogP contribution in [-0.4, -0.2) is 29.4 Å². The summed E-state index contributed by atoms with van der Waals surface area (Å²) >= 11 is 0. The molecule has 0 radical (unpaired) electrons. The molecule has 2 aromatic carbocycles. The van der Waals surface area contributed by atoms with Crippen molar-refractivity contribution in [1.82, 2.24) is 9.78 Å². The average molecular weight is 365 g/mol. The van der Waals surface area contributed by atoms with Crippen LogP contribution < -0.4 is 20.3 Å². The lowest BCUT2D eigenvalue weighted by molar-refractivity contribution is 0.101. The number of hydrogen-bond donors (Lipinski definition) is 1. The highest BCUT2D eigenvalue weighted by atomic mass is 16.5. The van der Waals surface area contributed by atoms with Gasteiger partial charge in [0.2, 0.25) is 0 Å². The van der Waals surface area contributed by atoms with Gasteiger partial charge in [-0.2, -0.15) is 9.78 Å². The number of nitrogens with one attached hydrogen (secondary N) is 1. The maximum absolute atomic E-state index is 12.8. The largest absolute Gasteiger partial charge is 0.494 e. The number of carbonyl (C=O) groups excluding carboxylic acids is 1. The third-order valence-electron chi connectivity index (χ3n) is 3.77. The third kappa shape index (κ3) is 3.98. The van der Waals surface area contributed by atoms with Gasteiger partial charge in [0.05, 0.1) is 31.2 Å². The van der Waals surface area contributed by atoms with Crippen LogP contribution in [-0.2, 0) is 0 Å². The second kappa shape index (κ2) is 8.18. The zero-order valence-corrected chi connectivity index (χ0v) is 15.0. The van der Waals surface area contributed by atoms with Crippen molar-refractivity contribution in [3.05, 3.63) is 76.7 Å². The van der Waals surface area contributed by atoms with Gasteiger partial charge < -0.3 is 14.8 Å². The Bertz CT molecular complexity index is 1000. The summed E-state index contributed by atoms with van der Waals surface area (Å²) in [5.41, 5.74) is 0.649. The van der Waals surface area contributed by atoms with Crippen LogP contribution in [0.2, 0.25) is 0 Å². The highest BCUT2D eigenvalue weighted by Gasteiger charge is 2.19. The molecule has 0 saturated heterocycles. The minimum absolute atomic E-state index is 0.00717.